The van der Waals surface area contributed by atoms with Gasteiger partial charge in [0, 0.05) is 19.1 Å². The van der Waals surface area contributed by atoms with Crippen molar-refractivity contribution in [2.75, 3.05) is 26.3 Å². The Labute approximate surface area is 113 Å². The summed E-state index contributed by atoms with van der Waals surface area (Å²) in [7, 11) is 0. The first-order chi connectivity index (χ1) is 9.53. The van der Waals surface area contributed by atoms with Crippen LogP contribution in [0.5, 0.6) is 0 Å². The van der Waals surface area contributed by atoms with Crippen LogP contribution in [0.15, 0.2) is 4.52 Å². The highest BCUT2D eigenvalue weighted by atomic mass is 19.4. The van der Waals surface area contributed by atoms with E-state index in [1.807, 2.05) is 0 Å². The summed E-state index contributed by atoms with van der Waals surface area (Å²) in [5.74, 6) is -0.0632. The molecule has 8 heteroatoms. The zero-order valence-corrected chi connectivity index (χ0v) is 10.9. The number of aromatic nitrogens is 2. The molecule has 20 heavy (non-hydrogen) atoms. The van der Waals surface area contributed by atoms with Crippen LogP contribution in [0.3, 0.4) is 0 Å². The number of hydrogen-bond donors (Lipinski definition) is 1. The van der Waals surface area contributed by atoms with Gasteiger partial charge in [-0.15, -0.1) is 0 Å². The van der Waals surface area contributed by atoms with E-state index < -0.39 is 11.6 Å². The summed E-state index contributed by atoms with van der Waals surface area (Å²) in [5.41, 5.74) is -2.05. The molecule has 3 rings (SSSR count). The lowest BCUT2D eigenvalue weighted by molar-refractivity contribution is -0.191. The molecule has 2 fully saturated rings. The average molecular weight is 291 g/mol. The van der Waals surface area contributed by atoms with Crippen molar-refractivity contribution in [1.82, 2.24) is 15.5 Å². The van der Waals surface area contributed by atoms with E-state index in [1.54, 1.807) is 0 Å². The van der Waals surface area contributed by atoms with Crippen LogP contribution in [0.2, 0.25) is 0 Å². The maximum Gasteiger partial charge on any atom is 0.404 e. The minimum Gasteiger partial charge on any atom is -0.381 e. The van der Waals surface area contributed by atoms with Gasteiger partial charge in [-0.25, -0.2) is 0 Å². The molecule has 1 N–H and O–H groups in total. The number of ether oxygens (including phenoxy) is 1. The first kappa shape index (κ1) is 13.8. The van der Waals surface area contributed by atoms with Crippen LogP contribution in [0.25, 0.3) is 0 Å². The van der Waals surface area contributed by atoms with Crippen LogP contribution in [0, 0.1) is 0 Å². The first-order valence-corrected chi connectivity index (χ1v) is 6.72. The van der Waals surface area contributed by atoms with Gasteiger partial charge in [0.15, 0.2) is 11.2 Å². The summed E-state index contributed by atoms with van der Waals surface area (Å²) < 4.78 is 50.3. The highest BCUT2D eigenvalue weighted by Crippen LogP contribution is 2.45. The van der Waals surface area contributed by atoms with Gasteiger partial charge in [-0.3, -0.25) is 0 Å². The van der Waals surface area contributed by atoms with Gasteiger partial charge in [-0.1, -0.05) is 5.16 Å². The quantitative estimate of drug-likeness (QED) is 0.899. The molecule has 0 spiro atoms. The largest absolute Gasteiger partial charge is 0.404 e. The number of alkyl halides is 3. The highest BCUT2D eigenvalue weighted by molar-refractivity contribution is 5.15. The lowest BCUT2D eigenvalue weighted by Gasteiger charge is -2.26. The summed E-state index contributed by atoms with van der Waals surface area (Å²) >= 11 is 0. The number of nitrogens with one attached hydrogen (secondary N) is 1. The van der Waals surface area contributed by atoms with Crippen LogP contribution in [0.1, 0.15) is 36.9 Å². The summed E-state index contributed by atoms with van der Waals surface area (Å²) in [6.07, 6.45) is -2.79. The molecule has 0 saturated carbocycles. The van der Waals surface area contributed by atoms with Gasteiger partial charge in [-0.2, -0.15) is 18.2 Å². The second-order valence-electron chi connectivity index (χ2n) is 5.38. The molecule has 0 radical (unpaired) electrons. The molecule has 2 aliphatic heterocycles. The summed E-state index contributed by atoms with van der Waals surface area (Å²) in [4.78, 5) is 4.04. The molecule has 1 aromatic heterocycles. The van der Waals surface area contributed by atoms with Crippen molar-refractivity contribution in [2.24, 2.45) is 0 Å². The Balaban J connectivity index is 1.87. The predicted octanol–water partition coefficient (Wildman–Crippen LogP) is 1.76. The van der Waals surface area contributed by atoms with Crippen LogP contribution >= 0.6 is 0 Å². The van der Waals surface area contributed by atoms with E-state index in [2.05, 4.69) is 15.5 Å². The third-order valence-corrected chi connectivity index (χ3v) is 4.07. The minimum atomic E-state index is -4.40. The molecule has 0 bridgehead atoms. The van der Waals surface area contributed by atoms with Crippen molar-refractivity contribution >= 4 is 0 Å². The fourth-order valence-corrected chi connectivity index (χ4v) is 2.78. The van der Waals surface area contributed by atoms with Gasteiger partial charge in [-0.05, 0) is 25.8 Å². The third-order valence-electron chi connectivity index (χ3n) is 4.07. The number of hydrogen-bond acceptors (Lipinski definition) is 5. The monoisotopic (exact) mass is 291 g/mol. The van der Waals surface area contributed by atoms with Crippen molar-refractivity contribution in [3.63, 3.8) is 0 Å². The first-order valence-electron chi connectivity index (χ1n) is 6.72. The highest BCUT2D eigenvalue weighted by Gasteiger charge is 2.61. The molecule has 2 aliphatic rings. The Kier molecular flexibility index (Phi) is 3.45. The molecule has 3 heterocycles. The standard InChI is InChI=1S/C12H16F3N3O2/c13-12(14,15)11(3-4-16-7-11)10-17-9(18-20-10)8-2-1-5-19-6-8/h8,16H,1-7H2. The van der Waals surface area contributed by atoms with Crippen molar-refractivity contribution in [3.05, 3.63) is 11.7 Å². The zero-order chi connectivity index (χ0) is 14.2. The van der Waals surface area contributed by atoms with Gasteiger partial charge in [0.1, 0.15) is 0 Å². The molecule has 0 aliphatic carbocycles. The van der Waals surface area contributed by atoms with Crippen molar-refractivity contribution < 1.29 is 22.4 Å². The van der Waals surface area contributed by atoms with Crippen molar-refractivity contribution in [1.29, 1.82) is 0 Å². The molecule has 2 unspecified atom stereocenters. The lowest BCUT2D eigenvalue weighted by atomic mass is 9.86. The number of nitrogens with zero attached hydrogens (tertiary/aromatic N) is 2. The lowest BCUT2D eigenvalue weighted by Crippen LogP contribution is -2.44. The molecular weight excluding hydrogens is 275 g/mol. The fraction of sp³-hybridized carbons (Fsp3) is 0.833. The summed E-state index contributed by atoms with van der Waals surface area (Å²) in [6, 6.07) is 0. The Morgan fingerprint density at radius 3 is 2.80 bits per heavy atom. The Morgan fingerprint density at radius 1 is 1.35 bits per heavy atom. The average Bonchev–Trinajstić information content (AvgIpc) is 3.09. The second kappa shape index (κ2) is 5.00. The van der Waals surface area contributed by atoms with E-state index in [1.165, 1.54) is 0 Å². The van der Waals surface area contributed by atoms with Crippen LogP contribution in [-0.2, 0) is 10.2 Å². The summed E-state index contributed by atoms with van der Waals surface area (Å²) in [6.45, 7) is 1.21. The molecule has 112 valence electrons. The number of rotatable bonds is 2. The van der Waals surface area contributed by atoms with Crippen molar-refractivity contribution in [3.8, 4) is 0 Å². The third kappa shape index (κ3) is 2.20. The fourth-order valence-electron chi connectivity index (χ4n) is 2.78. The Hall–Kier alpha value is -1.15. The van der Waals surface area contributed by atoms with Crippen LogP contribution < -0.4 is 5.32 Å². The van der Waals surface area contributed by atoms with E-state index in [0.717, 1.165) is 12.8 Å². The normalized spacial score (nSPS) is 31.6. The Bertz CT molecular complexity index is 463. The van der Waals surface area contributed by atoms with Gasteiger partial charge in [0.25, 0.3) is 0 Å². The number of halogens is 3. The molecule has 0 amide bonds. The van der Waals surface area contributed by atoms with E-state index in [0.29, 0.717) is 25.6 Å². The molecule has 0 aromatic carbocycles. The topological polar surface area (TPSA) is 60.2 Å². The van der Waals surface area contributed by atoms with E-state index in [9.17, 15) is 13.2 Å². The Morgan fingerprint density at radius 2 is 2.20 bits per heavy atom. The van der Waals surface area contributed by atoms with Crippen molar-refractivity contribution in [2.45, 2.75) is 36.8 Å². The van der Waals surface area contributed by atoms with E-state index in [-0.39, 0.29) is 24.8 Å². The maximum absolute atomic E-state index is 13.4. The van der Waals surface area contributed by atoms with Gasteiger partial charge in [0.2, 0.25) is 5.89 Å². The van der Waals surface area contributed by atoms with Gasteiger partial charge < -0.3 is 14.6 Å². The van der Waals surface area contributed by atoms with Crippen LogP contribution in [0.4, 0.5) is 13.2 Å². The minimum absolute atomic E-state index is 0.0686. The van der Waals surface area contributed by atoms with Gasteiger partial charge >= 0.3 is 6.18 Å². The smallest absolute Gasteiger partial charge is 0.381 e. The zero-order valence-electron chi connectivity index (χ0n) is 10.9. The second-order valence-corrected chi connectivity index (χ2v) is 5.38. The molecule has 2 saturated heterocycles. The predicted molar refractivity (Wildman–Crippen MR) is 62.3 cm³/mol. The van der Waals surface area contributed by atoms with Crippen LogP contribution in [-0.4, -0.2) is 42.6 Å². The molecule has 1 aromatic rings. The van der Waals surface area contributed by atoms with E-state index in [4.69, 9.17) is 9.26 Å². The summed E-state index contributed by atoms with van der Waals surface area (Å²) in [5, 5.41) is 6.48. The molecule has 2 atom stereocenters. The van der Waals surface area contributed by atoms with Gasteiger partial charge in [0.05, 0.1) is 6.61 Å². The molecular formula is C12H16F3N3O2. The molecule has 5 nitrogen and oxygen atoms in total. The SMILES string of the molecule is FC(F)(F)C1(c2nc(C3CCCOC3)no2)CCNC1. The maximum atomic E-state index is 13.4. The van der Waals surface area contributed by atoms with E-state index >= 15 is 0 Å².